The van der Waals surface area contributed by atoms with Crippen LogP contribution in [-0.4, -0.2) is 46.2 Å². The van der Waals surface area contributed by atoms with Crippen LogP contribution in [0.1, 0.15) is 59.1 Å². The number of nitrogens with zero attached hydrogens (tertiary/aromatic N) is 2. The third-order valence-corrected chi connectivity index (χ3v) is 5.94. The number of amides is 2. The normalized spacial score (nSPS) is 23.0. The zero-order valence-electron chi connectivity index (χ0n) is 18.1. The molecule has 2 aliphatic heterocycles. The Kier molecular flexibility index (Phi) is 6.05. The molecule has 0 saturated carbocycles. The fourth-order valence-corrected chi connectivity index (χ4v) is 4.39. The van der Waals surface area contributed by atoms with Crippen LogP contribution in [0, 0.1) is 11.8 Å². The molecule has 4 atom stereocenters. The highest BCUT2D eigenvalue weighted by Gasteiger charge is 2.39. The molecule has 7 nitrogen and oxygen atoms in total. The number of alkyl carbamates (subject to hydrolysis) is 1. The molecule has 0 spiro atoms. The third-order valence-electron chi connectivity index (χ3n) is 5.94. The first-order valence-corrected chi connectivity index (χ1v) is 10.6. The van der Waals surface area contributed by atoms with Crippen LogP contribution in [0.2, 0.25) is 0 Å². The van der Waals surface area contributed by atoms with Gasteiger partial charge in [0, 0.05) is 37.3 Å². The van der Waals surface area contributed by atoms with Gasteiger partial charge in [-0.1, -0.05) is 26.3 Å². The molecule has 29 heavy (non-hydrogen) atoms. The van der Waals surface area contributed by atoms with Gasteiger partial charge < -0.3 is 19.5 Å². The zero-order valence-corrected chi connectivity index (χ0v) is 18.1. The van der Waals surface area contributed by atoms with Gasteiger partial charge in [0.05, 0.1) is 0 Å². The summed E-state index contributed by atoms with van der Waals surface area (Å²) in [5.74, 6) is 0.335. The van der Waals surface area contributed by atoms with Gasteiger partial charge in [0.25, 0.3) is 5.56 Å². The van der Waals surface area contributed by atoms with E-state index in [1.54, 1.807) is 32.9 Å². The van der Waals surface area contributed by atoms with E-state index in [4.69, 9.17) is 4.74 Å². The SMILES string of the molecule is CC[C@H](C)[C@H](NC(=O)OC(C)(C)C)C(=O)N1C[C@H]2C[C@H](C1)c1cccc(=O)n1C2. The van der Waals surface area contributed by atoms with Crippen molar-refractivity contribution in [3.63, 3.8) is 0 Å². The topological polar surface area (TPSA) is 80.6 Å². The molecule has 2 amide bonds. The Balaban J connectivity index is 1.77. The van der Waals surface area contributed by atoms with E-state index in [0.717, 1.165) is 18.5 Å². The second kappa shape index (κ2) is 8.20. The van der Waals surface area contributed by atoms with Gasteiger partial charge in [-0.25, -0.2) is 4.79 Å². The standard InChI is InChI=1S/C22H33N3O4/c1-6-14(2)19(23-21(28)29-22(3,4)5)20(27)24-11-15-10-16(13-24)17-8-7-9-18(26)25(17)12-15/h7-9,14-16,19H,6,10-13H2,1-5H3,(H,23,28)/t14-,15+,16+,19-/m0/s1. The van der Waals surface area contributed by atoms with E-state index in [9.17, 15) is 14.4 Å². The number of aromatic nitrogens is 1. The number of nitrogens with one attached hydrogen (secondary N) is 1. The summed E-state index contributed by atoms with van der Waals surface area (Å²) < 4.78 is 7.23. The van der Waals surface area contributed by atoms with Crippen LogP contribution in [0.15, 0.2) is 23.0 Å². The van der Waals surface area contributed by atoms with Crippen molar-refractivity contribution >= 4 is 12.0 Å². The van der Waals surface area contributed by atoms with Crippen LogP contribution in [0.4, 0.5) is 4.79 Å². The van der Waals surface area contributed by atoms with E-state index in [0.29, 0.717) is 19.6 Å². The van der Waals surface area contributed by atoms with Crippen LogP contribution < -0.4 is 10.9 Å². The number of likely N-dealkylation sites (tertiary alicyclic amines) is 1. The van der Waals surface area contributed by atoms with E-state index in [2.05, 4.69) is 5.32 Å². The van der Waals surface area contributed by atoms with Crippen molar-refractivity contribution in [3.05, 3.63) is 34.2 Å². The Labute approximate surface area is 172 Å². The smallest absolute Gasteiger partial charge is 0.408 e. The van der Waals surface area contributed by atoms with Gasteiger partial charge in [-0.2, -0.15) is 0 Å². The van der Waals surface area contributed by atoms with Crippen molar-refractivity contribution in [3.8, 4) is 0 Å². The number of piperidine rings is 1. The number of rotatable bonds is 4. The predicted octanol–water partition coefficient (Wildman–Crippen LogP) is 2.73. The highest BCUT2D eigenvalue weighted by molar-refractivity contribution is 5.86. The second-order valence-corrected chi connectivity index (χ2v) is 9.45. The van der Waals surface area contributed by atoms with Gasteiger partial charge >= 0.3 is 6.09 Å². The maximum atomic E-state index is 13.4. The highest BCUT2D eigenvalue weighted by Crippen LogP contribution is 2.35. The Morgan fingerprint density at radius 1 is 1.24 bits per heavy atom. The van der Waals surface area contributed by atoms with Crippen LogP contribution in [-0.2, 0) is 16.1 Å². The van der Waals surface area contributed by atoms with Gasteiger partial charge in [-0.05, 0) is 45.1 Å². The maximum absolute atomic E-state index is 13.4. The minimum atomic E-state index is -0.619. The predicted molar refractivity (Wildman–Crippen MR) is 111 cm³/mol. The molecule has 0 radical (unpaired) electrons. The van der Waals surface area contributed by atoms with E-state index >= 15 is 0 Å². The summed E-state index contributed by atoms with van der Waals surface area (Å²) in [5, 5.41) is 2.81. The van der Waals surface area contributed by atoms with Crippen LogP contribution in [0.3, 0.4) is 0 Å². The number of fused-ring (bicyclic) bond motifs is 4. The van der Waals surface area contributed by atoms with Crippen molar-refractivity contribution in [1.82, 2.24) is 14.8 Å². The molecule has 7 heteroatoms. The number of carbonyl (C=O) groups excluding carboxylic acids is 2. The molecule has 0 aliphatic carbocycles. The first-order chi connectivity index (χ1) is 13.6. The molecular weight excluding hydrogens is 370 g/mol. The number of hydrogen-bond donors (Lipinski definition) is 1. The van der Waals surface area contributed by atoms with Crippen molar-refractivity contribution < 1.29 is 14.3 Å². The number of pyridine rings is 1. The van der Waals surface area contributed by atoms with Crippen molar-refractivity contribution in [2.45, 2.75) is 71.6 Å². The molecule has 3 rings (SSSR count). The second-order valence-electron chi connectivity index (χ2n) is 9.45. The Morgan fingerprint density at radius 2 is 1.97 bits per heavy atom. The molecular formula is C22H33N3O4. The van der Waals surface area contributed by atoms with Gasteiger partial charge in [-0.3, -0.25) is 9.59 Å². The molecule has 1 aromatic heterocycles. The summed E-state index contributed by atoms with van der Waals surface area (Å²) in [6, 6.07) is 4.76. The molecule has 1 aromatic rings. The Hall–Kier alpha value is -2.31. The highest BCUT2D eigenvalue weighted by atomic mass is 16.6. The lowest BCUT2D eigenvalue weighted by Crippen LogP contribution is -2.57. The van der Waals surface area contributed by atoms with E-state index in [1.807, 2.05) is 29.4 Å². The fraction of sp³-hybridized carbons (Fsp3) is 0.682. The number of hydrogen-bond acceptors (Lipinski definition) is 4. The van der Waals surface area contributed by atoms with Crippen LogP contribution in [0.25, 0.3) is 0 Å². The first-order valence-electron chi connectivity index (χ1n) is 10.6. The molecule has 1 saturated heterocycles. The lowest BCUT2D eigenvalue weighted by molar-refractivity contribution is -0.137. The van der Waals surface area contributed by atoms with Gasteiger partial charge in [0.2, 0.25) is 5.91 Å². The first kappa shape index (κ1) is 21.4. The van der Waals surface area contributed by atoms with Gasteiger partial charge in [0.15, 0.2) is 0 Å². The average Bonchev–Trinajstić information content (AvgIpc) is 2.64. The Morgan fingerprint density at radius 3 is 2.62 bits per heavy atom. The Bertz CT molecular complexity index is 826. The largest absolute Gasteiger partial charge is 0.444 e. The zero-order chi connectivity index (χ0) is 21.3. The molecule has 2 bridgehead atoms. The number of ether oxygens (including phenoxy) is 1. The summed E-state index contributed by atoms with van der Waals surface area (Å²) >= 11 is 0. The van der Waals surface area contributed by atoms with E-state index in [-0.39, 0.29) is 29.2 Å². The molecule has 1 N–H and O–H groups in total. The van der Waals surface area contributed by atoms with Gasteiger partial charge in [0.1, 0.15) is 11.6 Å². The fourth-order valence-electron chi connectivity index (χ4n) is 4.39. The molecule has 0 unspecified atom stereocenters. The summed E-state index contributed by atoms with van der Waals surface area (Å²) in [6.07, 6.45) is 1.19. The lowest BCUT2D eigenvalue weighted by Gasteiger charge is -2.44. The quantitative estimate of drug-likeness (QED) is 0.838. The molecule has 2 aliphatic rings. The molecule has 0 aromatic carbocycles. The molecule has 160 valence electrons. The van der Waals surface area contributed by atoms with E-state index < -0.39 is 17.7 Å². The summed E-state index contributed by atoms with van der Waals surface area (Å²) in [5.41, 5.74) is 0.416. The van der Waals surface area contributed by atoms with Crippen LogP contribution in [0.5, 0.6) is 0 Å². The molecule has 1 fully saturated rings. The monoisotopic (exact) mass is 403 g/mol. The van der Waals surface area contributed by atoms with Crippen molar-refractivity contribution in [2.75, 3.05) is 13.1 Å². The maximum Gasteiger partial charge on any atom is 0.408 e. The summed E-state index contributed by atoms with van der Waals surface area (Å²) in [4.78, 5) is 39.8. The lowest BCUT2D eigenvalue weighted by atomic mass is 9.82. The third kappa shape index (κ3) is 4.82. The minimum Gasteiger partial charge on any atom is -0.444 e. The van der Waals surface area contributed by atoms with Crippen molar-refractivity contribution in [2.24, 2.45) is 11.8 Å². The summed E-state index contributed by atoms with van der Waals surface area (Å²) in [7, 11) is 0. The van der Waals surface area contributed by atoms with Crippen LogP contribution >= 0.6 is 0 Å². The number of carbonyl (C=O) groups is 2. The van der Waals surface area contributed by atoms with Crippen molar-refractivity contribution in [1.29, 1.82) is 0 Å². The molecule has 3 heterocycles. The summed E-state index contributed by atoms with van der Waals surface area (Å²) in [6.45, 7) is 11.2. The van der Waals surface area contributed by atoms with Gasteiger partial charge in [-0.15, -0.1) is 0 Å². The minimum absolute atomic E-state index is 0.00769. The van der Waals surface area contributed by atoms with E-state index in [1.165, 1.54) is 0 Å². The average molecular weight is 404 g/mol.